The van der Waals surface area contributed by atoms with Crippen molar-refractivity contribution in [3.05, 3.63) is 71.0 Å². The first-order valence-electron chi connectivity index (χ1n) is 9.81. The molecule has 0 radical (unpaired) electrons. The number of para-hydroxylation sites is 1. The van der Waals surface area contributed by atoms with Gasteiger partial charge in [-0.25, -0.2) is 0 Å². The van der Waals surface area contributed by atoms with Gasteiger partial charge in [0, 0.05) is 35.8 Å². The van der Waals surface area contributed by atoms with E-state index in [1.54, 1.807) is 11.8 Å². The molecule has 0 bridgehead atoms. The first-order chi connectivity index (χ1) is 14.2. The minimum atomic E-state index is 0.0502. The van der Waals surface area contributed by atoms with Crippen molar-refractivity contribution in [2.75, 3.05) is 6.54 Å². The molecule has 2 aromatic carbocycles. The number of carbonyl (C=O) groups is 1. The number of hydrogen-bond donors (Lipinski definition) is 1. The summed E-state index contributed by atoms with van der Waals surface area (Å²) in [5.41, 5.74) is 2.12. The fraction of sp³-hybridized carbons (Fsp3) is 0.318. The molecule has 0 unspecified atom stereocenters. The maximum atomic E-state index is 12.1. The number of aromatic nitrogens is 3. The lowest BCUT2D eigenvalue weighted by molar-refractivity contribution is -0.121. The molecule has 0 aliphatic carbocycles. The number of halogens is 1. The summed E-state index contributed by atoms with van der Waals surface area (Å²) in [6.07, 6.45) is 3.00. The van der Waals surface area contributed by atoms with Crippen molar-refractivity contribution in [3.63, 3.8) is 0 Å². The minimum absolute atomic E-state index is 0.0502. The molecule has 152 valence electrons. The molecule has 0 fully saturated rings. The highest BCUT2D eigenvalue weighted by Gasteiger charge is 2.15. The van der Waals surface area contributed by atoms with E-state index in [2.05, 4.69) is 22.4 Å². The lowest BCUT2D eigenvalue weighted by atomic mass is 10.2. The molecule has 1 N–H and O–H groups in total. The van der Waals surface area contributed by atoms with Crippen molar-refractivity contribution in [1.82, 2.24) is 20.1 Å². The number of unbranched alkanes of at least 4 members (excludes halogenated alkanes) is 1. The van der Waals surface area contributed by atoms with Crippen molar-refractivity contribution in [1.29, 1.82) is 0 Å². The van der Waals surface area contributed by atoms with E-state index in [1.807, 2.05) is 59.2 Å². The average Bonchev–Trinajstić information content (AvgIpc) is 3.14. The fourth-order valence-corrected chi connectivity index (χ4v) is 4.01. The Morgan fingerprint density at radius 3 is 2.72 bits per heavy atom. The normalized spacial score (nSPS) is 10.8. The van der Waals surface area contributed by atoms with Crippen LogP contribution < -0.4 is 5.32 Å². The third-order valence-electron chi connectivity index (χ3n) is 4.40. The van der Waals surface area contributed by atoms with Gasteiger partial charge in [-0.2, -0.15) is 0 Å². The van der Waals surface area contributed by atoms with E-state index in [4.69, 9.17) is 11.6 Å². The monoisotopic (exact) mass is 428 g/mol. The van der Waals surface area contributed by atoms with Crippen LogP contribution in [-0.4, -0.2) is 27.2 Å². The lowest BCUT2D eigenvalue weighted by Crippen LogP contribution is -2.24. The number of aryl methyl sites for hydroxylation is 1. The molecule has 3 aromatic rings. The quantitative estimate of drug-likeness (QED) is 0.362. The van der Waals surface area contributed by atoms with E-state index in [0.29, 0.717) is 12.8 Å². The zero-order valence-corrected chi connectivity index (χ0v) is 18.0. The standard InChI is InChI=1S/C22H25ClN4OS/c1-2-3-14-24-21(28)13-12-20-25-26-22(27(20)19-10-5-4-6-11-19)29-16-17-8-7-9-18(23)15-17/h4-11,15H,2-3,12-14,16H2,1H3,(H,24,28). The number of benzene rings is 2. The number of hydrogen-bond acceptors (Lipinski definition) is 4. The topological polar surface area (TPSA) is 59.8 Å². The van der Waals surface area contributed by atoms with Crippen molar-refractivity contribution in [3.8, 4) is 5.69 Å². The van der Waals surface area contributed by atoms with Crippen LogP contribution in [0.25, 0.3) is 5.69 Å². The van der Waals surface area contributed by atoms with Crippen LogP contribution in [0, 0.1) is 0 Å². The third kappa shape index (κ3) is 6.34. The smallest absolute Gasteiger partial charge is 0.220 e. The molecule has 1 aromatic heterocycles. The highest BCUT2D eigenvalue weighted by molar-refractivity contribution is 7.98. The van der Waals surface area contributed by atoms with Crippen LogP contribution in [0.3, 0.4) is 0 Å². The molecule has 3 rings (SSSR count). The van der Waals surface area contributed by atoms with Crippen LogP contribution >= 0.6 is 23.4 Å². The van der Waals surface area contributed by atoms with E-state index in [9.17, 15) is 4.79 Å². The summed E-state index contributed by atoms with van der Waals surface area (Å²) >= 11 is 7.70. The molecule has 5 nitrogen and oxygen atoms in total. The summed E-state index contributed by atoms with van der Waals surface area (Å²) in [4.78, 5) is 12.1. The van der Waals surface area contributed by atoms with Gasteiger partial charge >= 0.3 is 0 Å². The van der Waals surface area contributed by atoms with E-state index >= 15 is 0 Å². The first kappa shape index (κ1) is 21.4. The van der Waals surface area contributed by atoms with Gasteiger partial charge in [-0.3, -0.25) is 9.36 Å². The number of carbonyl (C=O) groups excluding carboxylic acids is 1. The van der Waals surface area contributed by atoms with Crippen LogP contribution in [0.15, 0.2) is 59.8 Å². The lowest BCUT2D eigenvalue weighted by Gasteiger charge is -2.10. The number of amides is 1. The zero-order chi connectivity index (χ0) is 20.5. The van der Waals surface area contributed by atoms with Crippen LogP contribution in [0.4, 0.5) is 0 Å². The maximum Gasteiger partial charge on any atom is 0.220 e. The zero-order valence-electron chi connectivity index (χ0n) is 16.5. The molecule has 0 aliphatic heterocycles. The summed E-state index contributed by atoms with van der Waals surface area (Å²) < 4.78 is 2.04. The molecule has 0 atom stereocenters. The van der Waals surface area contributed by atoms with Crippen molar-refractivity contribution in [2.45, 2.75) is 43.5 Å². The molecule has 29 heavy (non-hydrogen) atoms. The van der Waals surface area contributed by atoms with Crippen molar-refractivity contribution in [2.24, 2.45) is 0 Å². The van der Waals surface area contributed by atoms with E-state index < -0.39 is 0 Å². The van der Waals surface area contributed by atoms with Gasteiger partial charge in [0.05, 0.1) is 0 Å². The van der Waals surface area contributed by atoms with Gasteiger partial charge in [0.25, 0.3) is 0 Å². The minimum Gasteiger partial charge on any atom is -0.356 e. The second kappa shape index (κ2) is 11.0. The highest BCUT2D eigenvalue weighted by Crippen LogP contribution is 2.26. The highest BCUT2D eigenvalue weighted by atomic mass is 35.5. The van der Waals surface area contributed by atoms with Gasteiger partial charge < -0.3 is 5.32 Å². The van der Waals surface area contributed by atoms with Gasteiger partial charge in [0.1, 0.15) is 5.82 Å². The predicted molar refractivity (Wildman–Crippen MR) is 119 cm³/mol. The average molecular weight is 429 g/mol. The maximum absolute atomic E-state index is 12.1. The summed E-state index contributed by atoms with van der Waals surface area (Å²) in [7, 11) is 0. The molecule has 0 saturated heterocycles. The van der Waals surface area contributed by atoms with Gasteiger partial charge in [-0.1, -0.05) is 67.0 Å². The summed E-state index contributed by atoms with van der Waals surface area (Å²) in [6, 6.07) is 17.8. The van der Waals surface area contributed by atoms with Crippen LogP contribution in [0.2, 0.25) is 5.02 Å². The Bertz CT molecular complexity index is 930. The van der Waals surface area contributed by atoms with Crippen molar-refractivity contribution < 1.29 is 4.79 Å². The molecule has 7 heteroatoms. The second-order valence-electron chi connectivity index (χ2n) is 6.69. The molecule has 0 spiro atoms. The van der Waals surface area contributed by atoms with Gasteiger partial charge in [0.2, 0.25) is 5.91 Å². The Hall–Kier alpha value is -2.31. The summed E-state index contributed by atoms with van der Waals surface area (Å²) in [6.45, 7) is 2.83. The Morgan fingerprint density at radius 1 is 1.14 bits per heavy atom. The number of nitrogens with one attached hydrogen (secondary N) is 1. The van der Waals surface area contributed by atoms with E-state index in [1.165, 1.54) is 0 Å². The van der Waals surface area contributed by atoms with E-state index in [-0.39, 0.29) is 5.91 Å². The SMILES string of the molecule is CCCCNC(=O)CCc1nnc(SCc2cccc(Cl)c2)n1-c1ccccc1. The molecule has 0 saturated carbocycles. The Kier molecular flexibility index (Phi) is 8.14. The molecule has 1 heterocycles. The Morgan fingerprint density at radius 2 is 1.97 bits per heavy atom. The predicted octanol–water partition coefficient (Wildman–Crippen LogP) is 5.06. The molecular weight excluding hydrogens is 404 g/mol. The van der Waals surface area contributed by atoms with Crippen LogP contribution in [-0.2, 0) is 17.0 Å². The Balaban J connectivity index is 1.74. The fourth-order valence-electron chi connectivity index (χ4n) is 2.89. The summed E-state index contributed by atoms with van der Waals surface area (Å²) in [5.74, 6) is 1.58. The van der Waals surface area contributed by atoms with Crippen LogP contribution in [0.1, 0.15) is 37.6 Å². The second-order valence-corrected chi connectivity index (χ2v) is 8.07. The van der Waals surface area contributed by atoms with Crippen LogP contribution in [0.5, 0.6) is 0 Å². The van der Waals surface area contributed by atoms with Gasteiger partial charge in [-0.15, -0.1) is 10.2 Å². The first-order valence-corrected chi connectivity index (χ1v) is 11.2. The van der Waals surface area contributed by atoms with Gasteiger partial charge in [0.15, 0.2) is 5.16 Å². The number of thioether (sulfide) groups is 1. The van der Waals surface area contributed by atoms with Gasteiger partial charge in [-0.05, 0) is 36.2 Å². The largest absolute Gasteiger partial charge is 0.356 e. The van der Waals surface area contributed by atoms with Crippen molar-refractivity contribution >= 4 is 29.3 Å². The molecule has 1 amide bonds. The Labute approximate surface area is 180 Å². The number of nitrogens with zero attached hydrogens (tertiary/aromatic N) is 3. The molecular formula is C22H25ClN4OS. The number of rotatable bonds is 10. The third-order valence-corrected chi connectivity index (χ3v) is 5.64. The summed E-state index contributed by atoms with van der Waals surface area (Å²) in [5, 5.41) is 13.3. The van der Waals surface area contributed by atoms with E-state index in [0.717, 1.165) is 52.4 Å². The molecule has 0 aliphatic rings.